The Balaban J connectivity index is 1.99. The summed E-state index contributed by atoms with van der Waals surface area (Å²) in [7, 11) is 1.64. The van der Waals surface area contributed by atoms with E-state index in [0.29, 0.717) is 19.6 Å². The molecule has 1 fully saturated rings. The quantitative estimate of drug-likeness (QED) is 0.927. The molecule has 0 aliphatic carbocycles. The molecule has 1 saturated heterocycles. The number of ether oxygens (including phenoxy) is 3. The fraction of sp³-hybridized carbons (Fsp3) is 0.562. The van der Waals surface area contributed by atoms with E-state index < -0.39 is 11.7 Å². The minimum absolute atomic E-state index is 0.378. The number of hydrogen-bond acceptors (Lipinski definition) is 4. The molecule has 116 valence electrons. The summed E-state index contributed by atoms with van der Waals surface area (Å²) < 4.78 is 15.8. The van der Waals surface area contributed by atoms with Crippen LogP contribution in [0.4, 0.5) is 4.79 Å². The highest BCUT2D eigenvalue weighted by molar-refractivity contribution is 5.69. The van der Waals surface area contributed by atoms with Gasteiger partial charge in [-0.15, -0.1) is 0 Å². The van der Waals surface area contributed by atoms with E-state index in [-0.39, 0.29) is 5.54 Å². The van der Waals surface area contributed by atoms with E-state index in [2.05, 4.69) is 5.32 Å². The molecule has 0 saturated carbocycles. The number of carbonyl (C=O) groups is 1. The molecule has 0 unspecified atom stereocenters. The molecule has 0 bridgehead atoms. The third-order valence-corrected chi connectivity index (χ3v) is 3.22. The summed E-state index contributed by atoms with van der Waals surface area (Å²) >= 11 is 0. The van der Waals surface area contributed by atoms with E-state index in [4.69, 9.17) is 14.2 Å². The van der Waals surface area contributed by atoms with Crippen LogP contribution < -0.4 is 10.1 Å². The van der Waals surface area contributed by atoms with Crippen molar-refractivity contribution in [2.45, 2.75) is 38.3 Å². The molecule has 1 aliphatic heterocycles. The van der Waals surface area contributed by atoms with Crippen LogP contribution in [0.2, 0.25) is 0 Å². The molecule has 5 heteroatoms. The van der Waals surface area contributed by atoms with E-state index >= 15 is 0 Å². The van der Waals surface area contributed by atoms with Crippen molar-refractivity contribution < 1.29 is 19.0 Å². The van der Waals surface area contributed by atoms with Crippen molar-refractivity contribution in [2.24, 2.45) is 0 Å². The maximum atomic E-state index is 11.9. The van der Waals surface area contributed by atoms with Gasteiger partial charge >= 0.3 is 6.09 Å². The molecule has 1 aliphatic rings. The van der Waals surface area contributed by atoms with Crippen molar-refractivity contribution in [1.82, 2.24) is 5.32 Å². The molecule has 0 radical (unpaired) electrons. The van der Waals surface area contributed by atoms with Crippen LogP contribution in [0.25, 0.3) is 0 Å². The van der Waals surface area contributed by atoms with Gasteiger partial charge in [0.2, 0.25) is 0 Å². The van der Waals surface area contributed by atoms with Crippen LogP contribution >= 0.6 is 0 Å². The number of methoxy groups -OCH3 is 1. The standard InChI is InChI=1S/C16H23NO4/c1-15(2,3)21-14(18)17-16(10-20-11-16)9-12-5-7-13(19-4)8-6-12/h5-8H,9-11H2,1-4H3,(H,17,18). The van der Waals surface area contributed by atoms with E-state index in [1.54, 1.807) is 7.11 Å². The van der Waals surface area contributed by atoms with Gasteiger partial charge in [0.25, 0.3) is 0 Å². The van der Waals surface area contributed by atoms with Crippen molar-refractivity contribution in [1.29, 1.82) is 0 Å². The highest BCUT2D eigenvalue weighted by atomic mass is 16.6. The normalized spacial score (nSPS) is 16.8. The summed E-state index contributed by atoms with van der Waals surface area (Å²) in [5, 5.41) is 2.95. The first kappa shape index (κ1) is 15.6. The molecule has 2 rings (SSSR count). The highest BCUT2D eigenvalue weighted by Crippen LogP contribution is 2.24. The summed E-state index contributed by atoms with van der Waals surface area (Å²) in [6, 6.07) is 7.82. The summed E-state index contributed by atoms with van der Waals surface area (Å²) in [6.45, 7) is 6.54. The molecule has 1 amide bonds. The summed E-state index contributed by atoms with van der Waals surface area (Å²) in [5.41, 5.74) is 0.238. The summed E-state index contributed by atoms with van der Waals surface area (Å²) in [6.07, 6.45) is 0.301. The first-order valence-electron chi connectivity index (χ1n) is 7.04. The van der Waals surface area contributed by atoms with Crippen molar-refractivity contribution in [3.8, 4) is 5.75 Å². The van der Waals surface area contributed by atoms with E-state index in [0.717, 1.165) is 11.3 Å². The lowest BCUT2D eigenvalue weighted by Crippen LogP contribution is -2.64. The minimum atomic E-state index is -0.504. The lowest BCUT2D eigenvalue weighted by Gasteiger charge is -2.42. The van der Waals surface area contributed by atoms with Gasteiger partial charge in [-0.05, 0) is 38.5 Å². The molecule has 5 nitrogen and oxygen atoms in total. The summed E-state index contributed by atoms with van der Waals surface area (Å²) in [5.74, 6) is 0.817. The third kappa shape index (κ3) is 4.36. The van der Waals surface area contributed by atoms with Crippen LogP contribution in [0.15, 0.2) is 24.3 Å². The van der Waals surface area contributed by atoms with Gasteiger partial charge in [0.1, 0.15) is 11.4 Å². The van der Waals surface area contributed by atoms with E-state index in [9.17, 15) is 4.79 Å². The van der Waals surface area contributed by atoms with Crippen molar-refractivity contribution in [3.05, 3.63) is 29.8 Å². The average Bonchev–Trinajstić information content (AvgIpc) is 2.34. The van der Waals surface area contributed by atoms with Crippen molar-refractivity contribution in [3.63, 3.8) is 0 Å². The van der Waals surface area contributed by atoms with Gasteiger partial charge in [0, 0.05) is 6.42 Å². The lowest BCUT2D eigenvalue weighted by atomic mass is 9.89. The molecule has 1 N–H and O–H groups in total. The third-order valence-electron chi connectivity index (χ3n) is 3.22. The molecular formula is C16H23NO4. The number of amides is 1. The number of hydrogen-bond donors (Lipinski definition) is 1. The Hall–Kier alpha value is -1.75. The van der Waals surface area contributed by atoms with Gasteiger partial charge in [0.15, 0.2) is 0 Å². The fourth-order valence-electron chi connectivity index (χ4n) is 2.22. The number of rotatable bonds is 4. The molecule has 0 aromatic heterocycles. The van der Waals surface area contributed by atoms with Gasteiger partial charge in [-0.25, -0.2) is 4.79 Å². The highest BCUT2D eigenvalue weighted by Gasteiger charge is 2.41. The Labute approximate surface area is 125 Å². The van der Waals surface area contributed by atoms with Crippen LogP contribution in [0.5, 0.6) is 5.75 Å². The van der Waals surface area contributed by atoms with Gasteiger partial charge in [0.05, 0.1) is 25.9 Å². The van der Waals surface area contributed by atoms with E-state index in [1.807, 2.05) is 45.0 Å². The molecule has 1 heterocycles. The minimum Gasteiger partial charge on any atom is -0.497 e. The van der Waals surface area contributed by atoms with E-state index in [1.165, 1.54) is 0 Å². The second-order valence-corrected chi connectivity index (χ2v) is 6.42. The predicted molar refractivity (Wildman–Crippen MR) is 79.6 cm³/mol. The zero-order valence-electron chi connectivity index (χ0n) is 13.1. The Kier molecular flexibility index (Phi) is 4.42. The Morgan fingerprint density at radius 1 is 1.29 bits per heavy atom. The number of alkyl carbamates (subject to hydrolysis) is 1. The molecule has 0 spiro atoms. The molecule has 1 aromatic carbocycles. The van der Waals surface area contributed by atoms with Crippen LogP contribution in [0, 0.1) is 0 Å². The second kappa shape index (κ2) is 5.93. The maximum absolute atomic E-state index is 11.9. The second-order valence-electron chi connectivity index (χ2n) is 6.42. The van der Waals surface area contributed by atoms with Gasteiger partial charge < -0.3 is 19.5 Å². The summed E-state index contributed by atoms with van der Waals surface area (Å²) in [4.78, 5) is 11.9. The van der Waals surface area contributed by atoms with Crippen LogP contribution in [-0.4, -0.2) is 37.6 Å². The first-order valence-corrected chi connectivity index (χ1v) is 7.04. The zero-order chi connectivity index (χ0) is 15.5. The Bertz CT molecular complexity index is 486. The largest absolute Gasteiger partial charge is 0.497 e. The lowest BCUT2D eigenvalue weighted by molar-refractivity contribution is -0.0753. The number of benzene rings is 1. The first-order chi connectivity index (χ1) is 9.82. The smallest absolute Gasteiger partial charge is 0.408 e. The van der Waals surface area contributed by atoms with Crippen LogP contribution in [-0.2, 0) is 15.9 Å². The van der Waals surface area contributed by atoms with Gasteiger partial charge in [-0.1, -0.05) is 12.1 Å². The monoisotopic (exact) mass is 293 g/mol. The molecule has 1 aromatic rings. The topological polar surface area (TPSA) is 56.8 Å². The Morgan fingerprint density at radius 2 is 1.90 bits per heavy atom. The SMILES string of the molecule is COc1ccc(CC2(NC(=O)OC(C)(C)C)COC2)cc1. The molecule has 0 atom stereocenters. The Morgan fingerprint density at radius 3 is 2.33 bits per heavy atom. The van der Waals surface area contributed by atoms with Crippen LogP contribution in [0.1, 0.15) is 26.3 Å². The average molecular weight is 293 g/mol. The van der Waals surface area contributed by atoms with Gasteiger partial charge in [-0.3, -0.25) is 0 Å². The molecular weight excluding hydrogens is 270 g/mol. The van der Waals surface area contributed by atoms with Gasteiger partial charge in [-0.2, -0.15) is 0 Å². The predicted octanol–water partition coefficient (Wildman–Crippen LogP) is 2.53. The van der Waals surface area contributed by atoms with Crippen molar-refractivity contribution >= 4 is 6.09 Å². The fourth-order valence-corrected chi connectivity index (χ4v) is 2.22. The van der Waals surface area contributed by atoms with Crippen molar-refractivity contribution in [2.75, 3.05) is 20.3 Å². The maximum Gasteiger partial charge on any atom is 0.408 e. The van der Waals surface area contributed by atoms with Crippen LogP contribution in [0.3, 0.4) is 0 Å². The zero-order valence-corrected chi connectivity index (χ0v) is 13.1. The number of nitrogens with one attached hydrogen (secondary N) is 1. The molecule has 21 heavy (non-hydrogen) atoms. The number of carbonyl (C=O) groups excluding carboxylic acids is 1.